The molecular weight excluding hydrogens is 324 g/mol. The maximum Gasteiger partial charge on any atom is 0.257 e. The third-order valence-electron chi connectivity index (χ3n) is 4.91. The fourth-order valence-corrected chi connectivity index (χ4v) is 4.19. The average molecular weight is 346 g/mol. The molecule has 4 heterocycles. The Hall–Kier alpha value is -1.73. The second-order valence-electron chi connectivity index (χ2n) is 6.56. The molecular formula is C17H22N4O2S. The van der Waals surface area contributed by atoms with Gasteiger partial charge in [0.1, 0.15) is 0 Å². The fraction of sp³-hybridized carbons (Fsp3) is 0.588. The van der Waals surface area contributed by atoms with E-state index in [4.69, 9.17) is 4.42 Å². The van der Waals surface area contributed by atoms with Crippen molar-refractivity contribution in [1.29, 1.82) is 0 Å². The van der Waals surface area contributed by atoms with E-state index in [0.29, 0.717) is 24.2 Å². The molecule has 0 aromatic carbocycles. The summed E-state index contributed by atoms with van der Waals surface area (Å²) in [6.45, 7) is 4.41. The van der Waals surface area contributed by atoms with Gasteiger partial charge in [0.25, 0.3) is 5.89 Å². The molecule has 2 fully saturated rings. The highest BCUT2D eigenvalue weighted by Crippen LogP contribution is 2.25. The fourth-order valence-electron chi connectivity index (χ4n) is 3.54. The molecule has 0 atom stereocenters. The van der Waals surface area contributed by atoms with Gasteiger partial charge >= 0.3 is 0 Å². The molecule has 0 aliphatic carbocycles. The average Bonchev–Trinajstić information content (AvgIpc) is 3.36. The molecule has 2 aliphatic heterocycles. The summed E-state index contributed by atoms with van der Waals surface area (Å²) in [7, 11) is 0. The maximum absolute atomic E-state index is 12.5. The van der Waals surface area contributed by atoms with Crippen molar-refractivity contribution in [2.45, 2.75) is 32.2 Å². The molecule has 7 heteroatoms. The van der Waals surface area contributed by atoms with Crippen molar-refractivity contribution in [3.63, 3.8) is 0 Å². The number of nitrogens with zero attached hydrogens (tertiary/aromatic N) is 4. The van der Waals surface area contributed by atoms with Crippen LogP contribution in [0.2, 0.25) is 0 Å². The minimum absolute atomic E-state index is 0.198. The summed E-state index contributed by atoms with van der Waals surface area (Å²) < 4.78 is 5.76. The van der Waals surface area contributed by atoms with Crippen LogP contribution in [0, 0.1) is 5.92 Å². The number of likely N-dealkylation sites (tertiary alicyclic amines) is 2. The summed E-state index contributed by atoms with van der Waals surface area (Å²) in [5.74, 6) is 1.82. The topological polar surface area (TPSA) is 62.5 Å². The van der Waals surface area contributed by atoms with Crippen molar-refractivity contribution in [2.75, 3.05) is 26.2 Å². The predicted molar refractivity (Wildman–Crippen MR) is 91.4 cm³/mol. The van der Waals surface area contributed by atoms with Crippen LogP contribution in [0.4, 0.5) is 0 Å². The van der Waals surface area contributed by atoms with Crippen molar-refractivity contribution >= 4 is 17.2 Å². The molecule has 0 radical (unpaired) electrons. The smallest absolute Gasteiger partial charge is 0.257 e. The van der Waals surface area contributed by atoms with Gasteiger partial charge < -0.3 is 9.32 Å². The number of amides is 1. The third kappa shape index (κ3) is 3.37. The number of thiophene rings is 1. The lowest BCUT2D eigenvalue weighted by Gasteiger charge is -2.32. The van der Waals surface area contributed by atoms with E-state index in [0.717, 1.165) is 56.7 Å². The van der Waals surface area contributed by atoms with Crippen LogP contribution < -0.4 is 0 Å². The zero-order chi connectivity index (χ0) is 16.4. The van der Waals surface area contributed by atoms with Crippen molar-refractivity contribution in [3.05, 3.63) is 23.4 Å². The lowest BCUT2D eigenvalue weighted by molar-refractivity contribution is -0.136. The number of hydrogen-bond donors (Lipinski definition) is 0. The molecule has 128 valence electrons. The number of rotatable bonds is 4. The molecule has 0 unspecified atom stereocenters. The Labute approximate surface area is 145 Å². The highest BCUT2D eigenvalue weighted by atomic mass is 32.1. The highest BCUT2D eigenvalue weighted by molar-refractivity contribution is 7.13. The number of aromatic nitrogens is 2. The molecule has 2 saturated heterocycles. The maximum atomic E-state index is 12.5. The van der Waals surface area contributed by atoms with E-state index in [1.54, 1.807) is 11.3 Å². The molecule has 2 aromatic heterocycles. The van der Waals surface area contributed by atoms with Gasteiger partial charge in [0.2, 0.25) is 11.8 Å². The number of piperidine rings is 1. The first-order valence-corrected chi connectivity index (χ1v) is 9.55. The van der Waals surface area contributed by atoms with Gasteiger partial charge in [-0.15, -0.1) is 21.5 Å². The summed E-state index contributed by atoms with van der Waals surface area (Å²) in [4.78, 5) is 17.8. The summed E-state index contributed by atoms with van der Waals surface area (Å²) >= 11 is 1.60. The van der Waals surface area contributed by atoms with Gasteiger partial charge in [-0.1, -0.05) is 6.07 Å². The largest absolute Gasteiger partial charge is 0.419 e. The van der Waals surface area contributed by atoms with Gasteiger partial charge in [0, 0.05) is 19.0 Å². The van der Waals surface area contributed by atoms with E-state index in [1.165, 1.54) is 0 Å². The third-order valence-corrected chi connectivity index (χ3v) is 5.77. The summed E-state index contributed by atoms with van der Waals surface area (Å²) in [5, 5.41) is 10.3. The van der Waals surface area contributed by atoms with E-state index in [9.17, 15) is 4.79 Å². The van der Waals surface area contributed by atoms with Crippen LogP contribution in [0.25, 0.3) is 10.8 Å². The van der Waals surface area contributed by atoms with E-state index in [1.807, 2.05) is 22.4 Å². The Morgan fingerprint density at radius 2 is 2.00 bits per heavy atom. The molecule has 24 heavy (non-hydrogen) atoms. The molecule has 6 nitrogen and oxygen atoms in total. The van der Waals surface area contributed by atoms with Gasteiger partial charge in [-0.25, -0.2) is 0 Å². The SMILES string of the molecule is O=C(C1CCN(Cc2nnc(-c3cccs3)o2)CC1)N1CCCC1. The molecule has 2 aliphatic rings. The van der Waals surface area contributed by atoms with Gasteiger partial charge in [-0.05, 0) is 50.2 Å². The Bertz CT molecular complexity index is 671. The molecule has 0 spiro atoms. The monoisotopic (exact) mass is 346 g/mol. The van der Waals surface area contributed by atoms with E-state index < -0.39 is 0 Å². The van der Waals surface area contributed by atoms with Gasteiger partial charge in [-0.3, -0.25) is 9.69 Å². The molecule has 1 amide bonds. The highest BCUT2D eigenvalue weighted by Gasteiger charge is 2.30. The standard InChI is InChI=1S/C17H22N4O2S/c22-17(21-7-1-2-8-21)13-5-9-20(10-6-13)12-15-18-19-16(23-15)14-4-3-11-24-14/h3-4,11,13H,1-2,5-10,12H2. The Kier molecular flexibility index (Phi) is 4.62. The van der Waals surface area contributed by atoms with Crippen molar-refractivity contribution in [1.82, 2.24) is 20.0 Å². The predicted octanol–water partition coefficient (Wildman–Crippen LogP) is 2.63. The number of hydrogen-bond acceptors (Lipinski definition) is 6. The van der Waals surface area contributed by atoms with Crippen LogP contribution in [0.5, 0.6) is 0 Å². The van der Waals surface area contributed by atoms with Crippen LogP contribution in [0.3, 0.4) is 0 Å². The first-order chi connectivity index (χ1) is 11.8. The molecule has 0 bridgehead atoms. The van der Waals surface area contributed by atoms with Crippen molar-refractivity contribution in [2.24, 2.45) is 5.92 Å². The van der Waals surface area contributed by atoms with E-state index >= 15 is 0 Å². The van der Waals surface area contributed by atoms with Gasteiger partial charge in [0.15, 0.2) is 0 Å². The quantitative estimate of drug-likeness (QED) is 0.852. The zero-order valence-electron chi connectivity index (χ0n) is 13.7. The first-order valence-electron chi connectivity index (χ1n) is 8.67. The number of carbonyl (C=O) groups excluding carboxylic acids is 1. The minimum atomic E-state index is 0.198. The van der Waals surface area contributed by atoms with Gasteiger partial charge in [-0.2, -0.15) is 0 Å². The second-order valence-corrected chi connectivity index (χ2v) is 7.51. The van der Waals surface area contributed by atoms with Crippen LogP contribution in [0.1, 0.15) is 31.6 Å². The second kappa shape index (κ2) is 7.03. The summed E-state index contributed by atoms with van der Waals surface area (Å²) in [6.07, 6.45) is 4.19. The Morgan fingerprint density at radius 3 is 2.71 bits per heavy atom. The molecule has 0 saturated carbocycles. The zero-order valence-corrected chi connectivity index (χ0v) is 14.5. The van der Waals surface area contributed by atoms with Gasteiger partial charge in [0.05, 0.1) is 11.4 Å². The summed E-state index contributed by atoms with van der Waals surface area (Å²) in [5.41, 5.74) is 0. The van der Waals surface area contributed by atoms with Crippen molar-refractivity contribution < 1.29 is 9.21 Å². The first kappa shape index (κ1) is 15.8. The minimum Gasteiger partial charge on any atom is -0.419 e. The molecule has 4 rings (SSSR count). The lowest BCUT2D eigenvalue weighted by atomic mass is 9.95. The normalized spacial score (nSPS) is 19.9. The molecule has 2 aromatic rings. The molecule has 0 N–H and O–H groups in total. The Balaban J connectivity index is 1.29. The van der Waals surface area contributed by atoms with Crippen LogP contribution in [-0.2, 0) is 11.3 Å². The van der Waals surface area contributed by atoms with E-state index in [-0.39, 0.29) is 5.92 Å². The van der Waals surface area contributed by atoms with Crippen molar-refractivity contribution in [3.8, 4) is 10.8 Å². The Morgan fingerprint density at radius 1 is 1.21 bits per heavy atom. The van der Waals surface area contributed by atoms with Crippen LogP contribution in [0.15, 0.2) is 21.9 Å². The van der Waals surface area contributed by atoms with E-state index in [2.05, 4.69) is 15.1 Å². The van der Waals surface area contributed by atoms with Crippen LogP contribution in [-0.4, -0.2) is 52.1 Å². The number of carbonyl (C=O) groups is 1. The lowest BCUT2D eigenvalue weighted by Crippen LogP contribution is -2.41. The van der Waals surface area contributed by atoms with Crippen LogP contribution >= 0.6 is 11.3 Å². The summed E-state index contributed by atoms with van der Waals surface area (Å²) in [6, 6.07) is 3.96.